The SMILES string of the molecule is CS(=O)(=O)Nc1ccc(NS(=O)(=O)c2ccc(Cl)s2)cc1Cl. The van der Waals surface area contributed by atoms with Gasteiger partial charge in [-0.05, 0) is 30.3 Å². The van der Waals surface area contributed by atoms with E-state index in [0.29, 0.717) is 4.34 Å². The average Bonchev–Trinajstić information content (AvgIpc) is 2.78. The fourth-order valence-corrected chi connectivity index (χ4v) is 4.90. The standard InChI is InChI=1S/C11H10Cl2N2O4S3/c1-21(16,17)15-9-3-2-7(6-8(9)12)14-22(18,19)11-5-4-10(13)20-11/h2-6,14-15H,1H3. The molecule has 0 amide bonds. The molecule has 0 spiro atoms. The molecule has 0 fully saturated rings. The Morgan fingerprint density at radius 3 is 2.18 bits per heavy atom. The van der Waals surface area contributed by atoms with Crippen LogP contribution in [0.4, 0.5) is 11.4 Å². The first-order chi connectivity index (χ1) is 10.1. The van der Waals surface area contributed by atoms with Crippen LogP contribution in [0.15, 0.2) is 34.5 Å². The molecule has 0 bridgehead atoms. The molecule has 0 aliphatic rings. The van der Waals surface area contributed by atoms with Crippen LogP contribution in [0.1, 0.15) is 0 Å². The van der Waals surface area contributed by atoms with Crippen LogP contribution in [0, 0.1) is 0 Å². The van der Waals surface area contributed by atoms with E-state index >= 15 is 0 Å². The lowest BCUT2D eigenvalue weighted by Gasteiger charge is -2.10. The van der Waals surface area contributed by atoms with Gasteiger partial charge in [-0.2, -0.15) is 0 Å². The molecule has 1 aromatic heterocycles. The molecule has 0 saturated carbocycles. The summed E-state index contributed by atoms with van der Waals surface area (Å²) in [6.45, 7) is 0. The van der Waals surface area contributed by atoms with Crippen LogP contribution in [-0.2, 0) is 20.0 Å². The first kappa shape index (κ1) is 17.4. The van der Waals surface area contributed by atoms with E-state index in [1.807, 2.05) is 0 Å². The highest BCUT2D eigenvalue weighted by Gasteiger charge is 2.17. The van der Waals surface area contributed by atoms with E-state index < -0.39 is 20.0 Å². The minimum atomic E-state index is -3.77. The molecule has 0 aliphatic carbocycles. The van der Waals surface area contributed by atoms with E-state index in [-0.39, 0.29) is 20.6 Å². The van der Waals surface area contributed by atoms with Crippen LogP contribution in [0.5, 0.6) is 0 Å². The van der Waals surface area contributed by atoms with E-state index in [1.54, 1.807) is 0 Å². The van der Waals surface area contributed by atoms with Crippen LogP contribution in [0.3, 0.4) is 0 Å². The van der Waals surface area contributed by atoms with Gasteiger partial charge in [0, 0.05) is 0 Å². The Morgan fingerprint density at radius 1 is 1.00 bits per heavy atom. The summed E-state index contributed by atoms with van der Waals surface area (Å²) in [6.07, 6.45) is 0.987. The number of halogens is 2. The third kappa shape index (κ3) is 4.50. The summed E-state index contributed by atoms with van der Waals surface area (Å²) in [5.74, 6) is 0. The molecular formula is C11H10Cl2N2O4S3. The van der Waals surface area contributed by atoms with Crippen molar-refractivity contribution in [2.24, 2.45) is 0 Å². The minimum Gasteiger partial charge on any atom is -0.282 e. The van der Waals surface area contributed by atoms with Crippen molar-refractivity contribution < 1.29 is 16.8 Å². The molecule has 2 N–H and O–H groups in total. The molecule has 6 nitrogen and oxygen atoms in total. The van der Waals surface area contributed by atoms with Crippen molar-refractivity contribution in [2.75, 3.05) is 15.7 Å². The normalized spacial score (nSPS) is 12.1. The fraction of sp³-hybridized carbons (Fsp3) is 0.0909. The van der Waals surface area contributed by atoms with Gasteiger partial charge in [-0.1, -0.05) is 23.2 Å². The van der Waals surface area contributed by atoms with Gasteiger partial charge in [-0.3, -0.25) is 9.44 Å². The van der Waals surface area contributed by atoms with Gasteiger partial charge < -0.3 is 0 Å². The number of thiophene rings is 1. The lowest BCUT2D eigenvalue weighted by atomic mass is 10.3. The van der Waals surface area contributed by atoms with Gasteiger partial charge in [0.05, 0.1) is 27.0 Å². The molecule has 11 heteroatoms. The number of hydrogen-bond acceptors (Lipinski definition) is 5. The zero-order chi connectivity index (χ0) is 16.5. The van der Waals surface area contributed by atoms with Gasteiger partial charge >= 0.3 is 0 Å². The fourth-order valence-electron chi connectivity index (χ4n) is 1.51. The molecule has 0 unspecified atom stereocenters. The van der Waals surface area contributed by atoms with Gasteiger partial charge in [0.15, 0.2) is 0 Å². The monoisotopic (exact) mass is 400 g/mol. The number of sulfonamides is 2. The minimum absolute atomic E-state index is 0.0620. The highest BCUT2D eigenvalue weighted by atomic mass is 35.5. The number of hydrogen-bond donors (Lipinski definition) is 2. The van der Waals surface area contributed by atoms with Gasteiger partial charge in [0.1, 0.15) is 4.21 Å². The topological polar surface area (TPSA) is 92.3 Å². The number of nitrogens with one attached hydrogen (secondary N) is 2. The van der Waals surface area contributed by atoms with Gasteiger partial charge in [0.2, 0.25) is 10.0 Å². The zero-order valence-electron chi connectivity index (χ0n) is 11.0. The highest BCUT2D eigenvalue weighted by Crippen LogP contribution is 2.30. The van der Waals surface area contributed by atoms with Crippen LogP contribution < -0.4 is 9.44 Å². The number of rotatable bonds is 5. The molecule has 22 heavy (non-hydrogen) atoms. The van der Waals surface area contributed by atoms with Crippen molar-refractivity contribution in [1.29, 1.82) is 0 Å². The zero-order valence-corrected chi connectivity index (χ0v) is 15.0. The van der Waals surface area contributed by atoms with Crippen molar-refractivity contribution in [3.63, 3.8) is 0 Å². The summed E-state index contributed by atoms with van der Waals surface area (Å²) >= 11 is 12.6. The van der Waals surface area contributed by atoms with E-state index in [9.17, 15) is 16.8 Å². The molecule has 0 aliphatic heterocycles. The molecule has 1 heterocycles. The largest absolute Gasteiger partial charge is 0.282 e. The van der Waals surface area contributed by atoms with Crippen molar-refractivity contribution in [1.82, 2.24) is 0 Å². The van der Waals surface area contributed by atoms with Crippen molar-refractivity contribution in [2.45, 2.75) is 4.21 Å². The smallest absolute Gasteiger partial charge is 0.271 e. The molecule has 0 radical (unpaired) electrons. The second kappa shape index (κ2) is 6.25. The summed E-state index contributed by atoms with van der Waals surface area (Å²) in [6, 6.07) is 6.93. The first-order valence-corrected chi connectivity index (χ1v) is 10.6. The Hall–Kier alpha value is -1.000. The summed E-state index contributed by atoms with van der Waals surface area (Å²) < 4.78 is 51.6. The lowest BCUT2D eigenvalue weighted by Crippen LogP contribution is -2.12. The van der Waals surface area contributed by atoms with Crippen molar-refractivity contribution in [3.8, 4) is 0 Å². The Morgan fingerprint density at radius 2 is 1.68 bits per heavy atom. The third-order valence-corrected chi connectivity index (χ3v) is 6.34. The summed E-state index contributed by atoms with van der Waals surface area (Å²) in [7, 11) is -7.24. The molecule has 120 valence electrons. The van der Waals surface area contributed by atoms with Gasteiger partial charge in [-0.15, -0.1) is 11.3 Å². The van der Waals surface area contributed by atoms with Crippen molar-refractivity contribution >= 4 is 66.0 Å². The van der Waals surface area contributed by atoms with E-state index in [4.69, 9.17) is 23.2 Å². The number of benzene rings is 1. The Kier molecular flexibility index (Phi) is 4.93. The first-order valence-electron chi connectivity index (χ1n) is 5.62. The predicted molar refractivity (Wildman–Crippen MR) is 90.1 cm³/mol. The lowest BCUT2D eigenvalue weighted by molar-refractivity contribution is 0.602. The maximum atomic E-state index is 12.1. The Balaban J connectivity index is 2.26. The molecule has 2 rings (SSSR count). The van der Waals surface area contributed by atoms with Crippen molar-refractivity contribution in [3.05, 3.63) is 39.7 Å². The van der Waals surface area contributed by atoms with E-state index in [1.165, 1.54) is 30.3 Å². The highest BCUT2D eigenvalue weighted by molar-refractivity contribution is 7.94. The van der Waals surface area contributed by atoms with Gasteiger partial charge in [0.25, 0.3) is 10.0 Å². The molecule has 2 aromatic rings. The van der Waals surface area contributed by atoms with E-state index in [0.717, 1.165) is 17.6 Å². The number of anilines is 2. The molecule has 1 aromatic carbocycles. The Labute approximate surface area is 142 Å². The van der Waals surface area contributed by atoms with Gasteiger partial charge in [-0.25, -0.2) is 16.8 Å². The second-order valence-electron chi connectivity index (χ2n) is 4.23. The summed E-state index contributed by atoms with van der Waals surface area (Å²) in [5.41, 5.74) is 0.361. The quantitative estimate of drug-likeness (QED) is 0.805. The van der Waals surface area contributed by atoms with Crippen LogP contribution in [0.25, 0.3) is 0 Å². The molecule has 0 atom stereocenters. The van der Waals surface area contributed by atoms with Crippen LogP contribution in [0.2, 0.25) is 9.36 Å². The summed E-state index contributed by atoms with van der Waals surface area (Å²) in [5, 5.41) is 0.0647. The third-order valence-electron chi connectivity index (χ3n) is 2.33. The maximum Gasteiger partial charge on any atom is 0.271 e. The maximum absolute atomic E-state index is 12.1. The average molecular weight is 401 g/mol. The van der Waals surface area contributed by atoms with Crippen LogP contribution >= 0.6 is 34.5 Å². The molecular weight excluding hydrogens is 391 g/mol. The van der Waals surface area contributed by atoms with E-state index in [2.05, 4.69) is 9.44 Å². The molecule has 0 saturated heterocycles. The summed E-state index contributed by atoms with van der Waals surface area (Å²) in [4.78, 5) is 0. The predicted octanol–water partition coefficient (Wildman–Crippen LogP) is 3.23. The second-order valence-corrected chi connectivity index (χ2v) is 10.0. The Bertz CT molecular complexity index is 907. The van der Waals surface area contributed by atoms with Crippen LogP contribution in [-0.4, -0.2) is 23.1 Å².